The normalized spacial score (nSPS) is 12.0. The topological polar surface area (TPSA) is 74.6 Å². The Bertz CT molecular complexity index is 588. The Labute approximate surface area is 180 Å². The molecule has 0 radical (unpaired) electrons. The van der Waals surface area contributed by atoms with Gasteiger partial charge < -0.3 is 10.2 Å². The number of carbonyl (C=O) groups is 2. The monoisotopic (exact) mass is 422 g/mol. The molecule has 1 aromatic rings. The van der Waals surface area contributed by atoms with Crippen molar-refractivity contribution in [3.63, 3.8) is 0 Å². The lowest BCUT2D eigenvalue weighted by Gasteiger charge is -2.18. The van der Waals surface area contributed by atoms with Gasteiger partial charge in [0, 0.05) is 11.0 Å². The Morgan fingerprint density at radius 1 is 0.862 bits per heavy atom. The summed E-state index contributed by atoms with van der Waals surface area (Å²) in [6.07, 6.45) is 14.0. The summed E-state index contributed by atoms with van der Waals surface area (Å²) in [5.74, 6) is -1.25. The van der Waals surface area contributed by atoms with Gasteiger partial charge in [-0.2, -0.15) is 11.8 Å². The van der Waals surface area contributed by atoms with Crippen molar-refractivity contribution < 1.29 is 19.8 Å². The maximum Gasteiger partial charge on any atom is 0.304 e. The number of carboxylic acid groups (broad SMARTS) is 2. The van der Waals surface area contributed by atoms with Crippen LogP contribution in [-0.2, 0) is 16.0 Å². The van der Waals surface area contributed by atoms with Gasteiger partial charge >= 0.3 is 11.9 Å². The number of rotatable bonds is 18. The quantitative estimate of drug-likeness (QED) is 0.252. The van der Waals surface area contributed by atoms with Crippen molar-refractivity contribution in [3.8, 4) is 0 Å². The van der Waals surface area contributed by atoms with Crippen LogP contribution < -0.4 is 0 Å². The Morgan fingerprint density at radius 2 is 1.45 bits per heavy atom. The highest BCUT2D eigenvalue weighted by Crippen LogP contribution is 2.35. The minimum absolute atomic E-state index is 0.0271. The maximum atomic E-state index is 11.3. The Balaban J connectivity index is 2.43. The van der Waals surface area contributed by atoms with Gasteiger partial charge in [0.15, 0.2) is 0 Å². The van der Waals surface area contributed by atoms with Crippen LogP contribution in [0.4, 0.5) is 0 Å². The van der Waals surface area contributed by atoms with Crippen LogP contribution in [0, 0.1) is 0 Å². The molecule has 29 heavy (non-hydrogen) atoms. The lowest BCUT2D eigenvalue weighted by atomic mass is 9.97. The van der Waals surface area contributed by atoms with Crippen LogP contribution in [0.5, 0.6) is 0 Å². The predicted molar refractivity (Wildman–Crippen MR) is 122 cm³/mol. The van der Waals surface area contributed by atoms with E-state index in [4.69, 9.17) is 5.11 Å². The number of hydrogen-bond donors (Lipinski definition) is 2. The summed E-state index contributed by atoms with van der Waals surface area (Å²) in [6, 6.07) is 8.06. The molecule has 0 saturated carbocycles. The minimum atomic E-state index is -0.842. The summed E-state index contributed by atoms with van der Waals surface area (Å²) in [6.45, 7) is 2.25. The van der Waals surface area contributed by atoms with Gasteiger partial charge in [-0.1, -0.05) is 89.0 Å². The van der Waals surface area contributed by atoms with Crippen LogP contribution in [0.3, 0.4) is 0 Å². The fraction of sp³-hybridized carbons (Fsp3) is 0.667. The molecule has 0 saturated heterocycles. The van der Waals surface area contributed by atoms with Crippen LogP contribution in [-0.4, -0.2) is 27.9 Å². The van der Waals surface area contributed by atoms with Crippen LogP contribution in [0.1, 0.15) is 100 Å². The smallest absolute Gasteiger partial charge is 0.304 e. The zero-order valence-electron chi connectivity index (χ0n) is 17.9. The average molecular weight is 423 g/mol. The number of thioether (sulfide) groups is 1. The van der Waals surface area contributed by atoms with E-state index < -0.39 is 11.9 Å². The third-order valence-corrected chi connectivity index (χ3v) is 6.46. The van der Waals surface area contributed by atoms with E-state index in [0.717, 1.165) is 18.4 Å². The van der Waals surface area contributed by atoms with E-state index in [1.165, 1.54) is 75.1 Å². The van der Waals surface area contributed by atoms with E-state index in [9.17, 15) is 14.7 Å². The van der Waals surface area contributed by atoms with Crippen molar-refractivity contribution in [2.24, 2.45) is 0 Å². The average Bonchev–Trinajstić information content (AvgIpc) is 2.68. The first-order valence-corrected chi connectivity index (χ1v) is 12.2. The highest BCUT2D eigenvalue weighted by molar-refractivity contribution is 7.99. The van der Waals surface area contributed by atoms with E-state index in [2.05, 4.69) is 13.0 Å². The van der Waals surface area contributed by atoms with E-state index in [1.807, 2.05) is 18.2 Å². The molecule has 0 bridgehead atoms. The van der Waals surface area contributed by atoms with Crippen LogP contribution in [0.15, 0.2) is 24.3 Å². The van der Waals surface area contributed by atoms with Crippen molar-refractivity contribution in [3.05, 3.63) is 35.4 Å². The number of benzene rings is 1. The van der Waals surface area contributed by atoms with Crippen LogP contribution >= 0.6 is 11.8 Å². The van der Waals surface area contributed by atoms with E-state index >= 15 is 0 Å². The lowest BCUT2D eigenvalue weighted by Crippen LogP contribution is -2.08. The molecule has 1 atom stereocenters. The third-order valence-electron chi connectivity index (χ3n) is 5.20. The van der Waals surface area contributed by atoms with Gasteiger partial charge in [0.2, 0.25) is 0 Å². The highest BCUT2D eigenvalue weighted by Gasteiger charge is 2.19. The first kappa shape index (κ1) is 25.5. The molecule has 0 aliphatic rings. The van der Waals surface area contributed by atoms with Gasteiger partial charge in [-0.25, -0.2) is 0 Å². The molecule has 0 fully saturated rings. The molecule has 164 valence electrons. The van der Waals surface area contributed by atoms with Gasteiger partial charge in [0.1, 0.15) is 0 Å². The van der Waals surface area contributed by atoms with E-state index in [-0.39, 0.29) is 18.1 Å². The molecule has 5 heteroatoms. The predicted octanol–water partition coefficient (Wildman–Crippen LogP) is 6.87. The molecule has 0 aliphatic heterocycles. The number of unbranched alkanes of at least 4 members (excludes halogenated alkanes) is 9. The molecular formula is C24H38O4S. The molecule has 1 rings (SSSR count). The third kappa shape index (κ3) is 12.6. The molecule has 0 heterocycles. The number of carboxylic acids is 2. The molecule has 4 nitrogen and oxygen atoms in total. The zero-order valence-corrected chi connectivity index (χ0v) is 18.7. The van der Waals surface area contributed by atoms with Crippen LogP contribution in [0.25, 0.3) is 0 Å². The van der Waals surface area contributed by atoms with Gasteiger partial charge in [-0.3, -0.25) is 9.59 Å². The molecule has 2 N–H and O–H groups in total. The summed E-state index contributed by atoms with van der Waals surface area (Å²) in [4.78, 5) is 22.1. The van der Waals surface area contributed by atoms with Gasteiger partial charge in [-0.15, -0.1) is 0 Å². The summed E-state index contributed by atoms with van der Waals surface area (Å²) in [5.41, 5.74) is 2.27. The first-order valence-electron chi connectivity index (χ1n) is 11.2. The fourth-order valence-corrected chi connectivity index (χ4v) is 4.83. The summed E-state index contributed by atoms with van der Waals surface area (Å²) in [5, 5.41) is 18.0. The van der Waals surface area contributed by atoms with Gasteiger partial charge in [0.25, 0.3) is 0 Å². The van der Waals surface area contributed by atoms with E-state index in [1.54, 1.807) is 0 Å². The van der Waals surface area contributed by atoms with Crippen LogP contribution in [0.2, 0.25) is 0 Å². The Kier molecular flexibility index (Phi) is 14.4. The van der Waals surface area contributed by atoms with Gasteiger partial charge in [-0.05, 0) is 24.0 Å². The van der Waals surface area contributed by atoms with Crippen molar-refractivity contribution in [2.75, 3.05) is 5.75 Å². The Hall–Kier alpha value is -1.49. The van der Waals surface area contributed by atoms with Crippen molar-refractivity contribution in [2.45, 2.75) is 95.6 Å². The molecule has 1 aromatic carbocycles. The summed E-state index contributed by atoms with van der Waals surface area (Å²) in [7, 11) is 0. The summed E-state index contributed by atoms with van der Waals surface area (Å²) >= 11 is 1.44. The number of aryl methyl sites for hydroxylation is 1. The molecule has 0 aromatic heterocycles. The molecule has 0 spiro atoms. The first-order chi connectivity index (χ1) is 14.0. The minimum Gasteiger partial charge on any atom is -0.481 e. The molecule has 0 amide bonds. The SMILES string of the molecule is CCCCCCCCCCCCc1ccccc1[C@H](CC(=O)O)SCCC(=O)O. The largest absolute Gasteiger partial charge is 0.481 e. The highest BCUT2D eigenvalue weighted by atomic mass is 32.2. The standard InChI is InChI=1S/C24H38O4S/c1-2-3-4-5-6-7-8-9-10-11-14-20-15-12-13-16-21(20)22(19-24(27)28)29-18-17-23(25)26/h12-13,15-16,22H,2-11,14,17-19H2,1H3,(H,25,26)(H,27,28)/t22-/m0/s1. The molecule has 0 unspecified atom stereocenters. The summed E-state index contributed by atoms with van der Waals surface area (Å²) < 4.78 is 0. The van der Waals surface area contributed by atoms with Crippen molar-refractivity contribution in [1.29, 1.82) is 0 Å². The van der Waals surface area contributed by atoms with Crippen molar-refractivity contribution >= 4 is 23.7 Å². The second-order valence-corrected chi connectivity index (χ2v) is 9.04. The lowest BCUT2D eigenvalue weighted by molar-refractivity contribution is -0.137. The number of hydrogen-bond acceptors (Lipinski definition) is 3. The Morgan fingerprint density at radius 3 is 2.03 bits per heavy atom. The molecular weight excluding hydrogens is 384 g/mol. The van der Waals surface area contributed by atoms with E-state index in [0.29, 0.717) is 5.75 Å². The second kappa shape index (κ2) is 16.3. The zero-order chi connectivity index (χ0) is 21.3. The second-order valence-electron chi connectivity index (χ2n) is 7.73. The number of aliphatic carboxylic acids is 2. The molecule has 0 aliphatic carbocycles. The fourth-order valence-electron chi connectivity index (χ4n) is 3.58. The van der Waals surface area contributed by atoms with Gasteiger partial charge in [0.05, 0.1) is 12.8 Å². The maximum absolute atomic E-state index is 11.3. The van der Waals surface area contributed by atoms with Crippen molar-refractivity contribution in [1.82, 2.24) is 0 Å².